The summed E-state index contributed by atoms with van der Waals surface area (Å²) < 4.78 is 0. The molecule has 0 saturated carbocycles. The topological polar surface area (TPSA) is 744 Å². The van der Waals surface area contributed by atoms with Crippen molar-refractivity contribution in [3.63, 3.8) is 0 Å². The van der Waals surface area contributed by atoms with Crippen LogP contribution >= 0.6 is 0 Å². The smallest absolute Gasteiger partial charge is 0.124 e. The number of carboxylic acid groups (broad SMARTS) is 8. The number of hydrogen-bond acceptors (Lipinski definition) is 26. The number of rotatable bonds is 20. The molecule has 0 aliphatic heterocycles. The van der Waals surface area contributed by atoms with Crippen molar-refractivity contribution in [1.82, 2.24) is 0 Å². The maximum atomic E-state index is 9.63. The molecule has 0 fully saturated rings. The number of carbonyl (C=O) groups is 8. The van der Waals surface area contributed by atoms with E-state index in [1.165, 1.54) is 44.5 Å². The fourth-order valence-electron chi connectivity index (χ4n) is 7.28. The zero-order valence-corrected chi connectivity index (χ0v) is 67.0. The minimum atomic E-state index is -2.44. The van der Waals surface area contributed by atoms with Crippen molar-refractivity contribution >= 4 is 47.8 Å². The van der Waals surface area contributed by atoms with Crippen molar-refractivity contribution < 1.29 is 176 Å². The molecule has 34 heteroatoms. The van der Waals surface area contributed by atoms with E-state index in [1.807, 2.05) is 146 Å². The minimum Gasteiger partial charge on any atom is -0.547 e. The minimum absolute atomic E-state index is 0.409. The van der Waals surface area contributed by atoms with Crippen LogP contribution in [0.15, 0.2) is 243 Å². The van der Waals surface area contributed by atoms with E-state index in [0.29, 0.717) is 48.3 Å². The van der Waals surface area contributed by atoms with Crippen molar-refractivity contribution in [1.29, 1.82) is 0 Å². The summed E-state index contributed by atoms with van der Waals surface area (Å²) in [5, 5.41) is 157. The monoisotopic (exact) mass is 1630 g/mol. The molecule has 16 atom stereocenters. The lowest BCUT2D eigenvalue weighted by Crippen LogP contribution is -2.51. The first kappa shape index (κ1) is 116. The van der Waals surface area contributed by atoms with Gasteiger partial charge in [-0.15, -0.1) is 0 Å². The first-order valence-corrected chi connectivity index (χ1v) is 35.3. The third-order valence-corrected chi connectivity index (χ3v) is 14.1. The van der Waals surface area contributed by atoms with Gasteiger partial charge in [-0.3, -0.25) is 0 Å². The zero-order chi connectivity index (χ0) is 90.8. The second kappa shape index (κ2) is 70.4. The van der Waals surface area contributed by atoms with Gasteiger partial charge < -0.3 is 176 Å². The number of benzene rings is 8. The van der Waals surface area contributed by atoms with E-state index in [-0.39, 0.29) is 0 Å². The van der Waals surface area contributed by atoms with E-state index >= 15 is 0 Å². The highest BCUT2D eigenvalue weighted by atomic mass is 16.5. The summed E-state index contributed by atoms with van der Waals surface area (Å²) in [7, 11) is 2.00. The molecular weight excluding hydrogens is 1510 g/mol. The summed E-state index contributed by atoms with van der Waals surface area (Å²) >= 11 is 0. The van der Waals surface area contributed by atoms with Gasteiger partial charge in [-0.2, -0.15) is 0 Å². The van der Waals surface area contributed by atoms with Crippen LogP contribution in [0.5, 0.6) is 0 Å². The van der Waals surface area contributed by atoms with Crippen LogP contribution in [0.3, 0.4) is 0 Å². The van der Waals surface area contributed by atoms with Crippen LogP contribution in [-0.4, -0.2) is 162 Å². The maximum Gasteiger partial charge on any atom is 0.124 e. The quantitative estimate of drug-likeness (QED) is 0.0337. The third kappa shape index (κ3) is 60.4. The van der Waals surface area contributed by atoms with Crippen LogP contribution in [-0.2, 0) is 38.4 Å². The number of aliphatic hydroxyl groups excluding tert-OH is 10. The van der Waals surface area contributed by atoms with Crippen molar-refractivity contribution in [2.45, 2.75) is 153 Å². The molecule has 0 spiro atoms. The molecule has 34 N–H and O–H groups in total. The predicted molar refractivity (Wildman–Crippen MR) is 406 cm³/mol. The predicted octanol–water partition coefficient (Wildman–Crippen LogP) is -12.0. The Morgan fingerprint density at radius 3 is 0.276 bits per heavy atom. The molecule has 8 aromatic carbocycles. The van der Waals surface area contributed by atoms with Crippen molar-refractivity contribution in [3.8, 4) is 0 Å². The number of aliphatic hydroxyl groups is 10. The highest BCUT2D eigenvalue weighted by Gasteiger charge is 2.20. The average molecular weight is 1630 g/mol. The number of quaternary nitrogens is 8. The van der Waals surface area contributed by atoms with E-state index in [4.69, 9.17) is 51.1 Å². The van der Waals surface area contributed by atoms with Gasteiger partial charge in [0.1, 0.15) is 97.2 Å². The Hall–Kier alpha value is -11.2. The van der Waals surface area contributed by atoms with E-state index in [1.54, 1.807) is 0 Å². The Morgan fingerprint density at radius 1 is 0.181 bits per heavy atom. The molecule has 0 bridgehead atoms. The summed E-state index contributed by atoms with van der Waals surface area (Å²) in [5.74, 6) is -16.5. The Labute approximate surface area is 675 Å². The van der Waals surface area contributed by atoms with Gasteiger partial charge in [-0.25, -0.2) is 0 Å². The van der Waals surface area contributed by atoms with E-state index in [2.05, 4.69) is 198 Å². The van der Waals surface area contributed by atoms with Gasteiger partial charge in [0.2, 0.25) is 0 Å². The van der Waals surface area contributed by atoms with Crippen LogP contribution in [0, 0.1) is 0 Å². The molecule has 0 unspecified atom stereocenters. The highest BCUT2D eigenvalue weighted by molar-refractivity contribution is 5.82. The molecule has 0 saturated heterocycles. The third-order valence-electron chi connectivity index (χ3n) is 14.1. The summed E-state index contributed by atoms with van der Waals surface area (Å²) in [5.41, 5.74) is 41.7. The normalized spacial score (nSPS) is 13.7. The molecule has 0 amide bonds. The lowest BCUT2D eigenvalue weighted by Gasteiger charge is -2.18. The fourth-order valence-corrected chi connectivity index (χ4v) is 7.28. The fraction of sp³-hybridized carbons (Fsp3) is 0.317. The summed E-state index contributed by atoms with van der Waals surface area (Å²) in [6, 6.07) is 85.6. The SMILES string of the molecule is CO.CO.C[C@@H]([NH3+])c1ccccc1.C[C@@H]([NH3+])c1ccccc1.C[C@@H]([NH3+])c1ccccc1.C[C@@H]([NH3+])c1ccccc1.C[C@@H]([NH3+])c1ccccc1.C[C@@H]([NH3+])c1ccccc1.C[C@@H]([NH3+])c1ccccc1.C[C@@H]([NH3+])c1ccccc1.O=C([O-])[C@@H](O)[C@H](O)C(=O)[O-].O=C([O-])[C@@H](O)[C@H](O)C(=O)[O-].O=C([O-])[C@H](O)[C@@H](O)C(=O)[O-].O=C([O-])[C@H](O)[C@@H](O)C(=O)[O-]. The van der Waals surface area contributed by atoms with Crippen LogP contribution in [0.1, 0.15) is 148 Å². The molecular formula is C82H120N8O26. The van der Waals surface area contributed by atoms with Gasteiger partial charge in [0.05, 0.1) is 47.8 Å². The summed E-state index contributed by atoms with van der Waals surface area (Å²) in [6.07, 6.45) is -19.5. The number of carboxylic acids is 8. The highest BCUT2D eigenvalue weighted by Crippen LogP contribution is 2.10. The molecule has 644 valence electrons. The van der Waals surface area contributed by atoms with Crippen LogP contribution < -0.4 is 86.7 Å². The van der Waals surface area contributed by atoms with Crippen LogP contribution in [0.25, 0.3) is 0 Å². The van der Waals surface area contributed by atoms with Gasteiger partial charge >= 0.3 is 0 Å². The molecule has 0 radical (unpaired) electrons. The molecule has 0 aliphatic rings. The summed E-state index contributed by atoms with van der Waals surface area (Å²) in [6.45, 7) is 16.7. The van der Waals surface area contributed by atoms with Gasteiger partial charge in [0.15, 0.2) is 0 Å². The molecule has 0 heterocycles. The van der Waals surface area contributed by atoms with Gasteiger partial charge in [0.25, 0.3) is 0 Å². The van der Waals surface area contributed by atoms with E-state index in [0.717, 1.165) is 14.2 Å². The van der Waals surface area contributed by atoms with Gasteiger partial charge in [-0.05, 0) is 55.4 Å². The Morgan fingerprint density at radius 2 is 0.241 bits per heavy atom. The van der Waals surface area contributed by atoms with Crippen molar-refractivity contribution in [2.24, 2.45) is 0 Å². The van der Waals surface area contributed by atoms with E-state index < -0.39 is 96.6 Å². The first-order valence-electron chi connectivity index (χ1n) is 35.3. The molecule has 8 rings (SSSR count). The van der Waals surface area contributed by atoms with Gasteiger partial charge in [-0.1, -0.05) is 243 Å². The van der Waals surface area contributed by atoms with E-state index in [9.17, 15) is 79.2 Å². The number of aliphatic carboxylic acids is 8. The number of hydrogen-bond donors (Lipinski definition) is 18. The van der Waals surface area contributed by atoms with Crippen molar-refractivity contribution in [3.05, 3.63) is 287 Å². The van der Waals surface area contributed by atoms with Gasteiger partial charge in [0, 0.05) is 58.7 Å². The molecule has 34 nitrogen and oxygen atoms in total. The molecule has 8 aromatic rings. The second-order valence-electron chi connectivity index (χ2n) is 24.6. The molecule has 0 aliphatic carbocycles. The van der Waals surface area contributed by atoms with Crippen LogP contribution in [0.2, 0.25) is 0 Å². The Kier molecular flexibility index (Phi) is 70.2. The maximum absolute atomic E-state index is 9.63. The summed E-state index contributed by atoms with van der Waals surface area (Å²) in [4.78, 5) is 77.1. The Bertz CT molecular complexity index is 3020. The lowest BCUT2D eigenvalue weighted by molar-refractivity contribution is -0.420. The second-order valence-corrected chi connectivity index (χ2v) is 24.6. The Balaban J connectivity index is -0.000000283. The van der Waals surface area contributed by atoms with Crippen molar-refractivity contribution in [2.75, 3.05) is 14.2 Å². The number of carbonyl (C=O) groups excluding carboxylic acids is 8. The molecule has 0 aromatic heterocycles. The zero-order valence-electron chi connectivity index (χ0n) is 67.0. The lowest BCUT2D eigenvalue weighted by atomic mass is 10.1. The largest absolute Gasteiger partial charge is 0.547 e. The molecule has 116 heavy (non-hydrogen) atoms. The van der Waals surface area contributed by atoms with Crippen LogP contribution in [0.4, 0.5) is 0 Å². The average Bonchev–Trinajstić information content (AvgIpc) is 0.921. The standard InChI is InChI=1S/8C8H11N.4C4H6O6.2CH4O/c8*1-7(9)8-5-3-2-4-6-8;4*5-1(3(7)8)2(6)4(9)10;2*1-2/h8*2-7H,9H2,1H3;4*1-2,5-6H,(H,7,8)(H,9,10);2*2H,1H3/t8*7-;4*1-,2-;;/m111111111100../s1. The first-order chi connectivity index (χ1) is 54.3.